The zero-order valence-corrected chi connectivity index (χ0v) is 17.4. The molecule has 0 saturated carbocycles. The van der Waals surface area contributed by atoms with Crippen LogP contribution < -0.4 is 0 Å². The molecule has 146 valence electrons. The first-order valence-corrected chi connectivity index (χ1v) is 10.4. The highest BCUT2D eigenvalue weighted by Gasteiger charge is 2.43. The summed E-state index contributed by atoms with van der Waals surface area (Å²) < 4.78 is 0. The lowest BCUT2D eigenvalue weighted by molar-refractivity contribution is -0.00849. The molecule has 1 saturated heterocycles. The average Bonchev–Trinajstić information content (AvgIpc) is 2.73. The maximum absolute atomic E-state index is 4.79. The highest BCUT2D eigenvalue weighted by molar-refractivity contribution is 6.02. The highest BCUT2D eigenvalue weighted by Crippen LogP contribution is 2.36. The van der Waals surface area contributed by atoms with Crippen LogP contribution in [0.1, 0.15) is 38.2 Å². The number of aliphatic imine (C=N–C) groups is 1. The maximum atomic E-state index is 4.79. The van der Waals surface area contributed by atoms with Crippen LogP contribution in [0.25, 0.3) is 16.8 Å². The lowest BCUT2D eigenvalue weighted by Gasteiger charge is -2.51. The zero-order valence-electron chi connectivity index (χ0n) is 17.4. The van der Waals surface area contributed by atoms with Crippen LogP contribution in [0.2, 0.25) is 0 Å². The number of piperidine rings is 1. The predicted molar refractivity (Wildman–Crippen MR) is 121 cm³/mol. The Morgan fingerprint density at radius 2 is 1.71 bits per heavy atom. The Kier molecular flexibility index (Phi) is 5.47. The van der Waals surface area contributed by atoms with Gasteiger partial charge in [0.2, 0.25) is 0 Å². The van der Waals surface area contributed by atoms with E-state index in [0.29, 0.717) is 0 Å². The molecule has 2 aromatic carbocycles. The summed E-state index contributed by atoms with van der Waals surface area (Å²) in [6.07, 6.45) is 11.4. The van der Waals surface area contributed by atoms with Crippen molar-refractivity contribution in [3.05, 3.63) is 65.9 Å². The van der Waals surface area contributed by atoms with E-state index in [0.717, 1.165) is 12.1 Å². The fraction of sp³-hybridized carbons (Fsp3) is 0.400. The smallest absolute Gasteiger partial charge is 0.103 e. The van der Waals surface area contributed by atoms with Gasteiger partial charge in [-0.1, -0.05) is 55.0 Å². The Balaban J connectivity index is 1.64. The number of likely N-dealkylation sites (tertiary alicyclic amines) is 1. The van der Waals surface area contributed by atoms with E-state index in [1.165, 1.54) is 54.3 Å². The van der Waals surface area contributed by atoms with E-state index in [9.17, 15) is 0 Å². The molecule has 0 amide bonds. The van der Waals surface area contributed by atoms with Gasteiger partial charge in [-0.15, -0.1) is 0 Å². The second kappa shape index (κ2) is 8.02. The first kappa shape index (κ1) is 19.1. The summed E-state index contributed by atoms with van der Waals surface area (Å²) in [5, 5.41) is 2.57. The van der Waals surface area contributed by atoms with Crippen LogP contribution in [-0.4, -0.2) is 48.4 Å². The largest absolute Gasteiger partial charge is 0.288 e. The zero-order chi connectivity index (χ0) is 19.6. The Hall–Kier alpha value is -2.23. The quantitative estimate of drug-likeness (QED) is 0.720. The second-order valence-corrected chi connectivity index (χ2v) is 8.27. The molecule has 1 fully saturated rings. The van der Waals surface area contributed by atoms with Gasteiger partial charge in [0.05, 0.1) is 0 Å². The Bertz CT molecular complexity index is 926. The number of fused-ring (bicyclic) bond motifs is 1. The molecule has 0 aromatic heterocycles. The van der Waals surface area contributed by atoms with Gasteiger partial charge in [-0.3, -0.25) is 14.8 Å². The van der Waals surface area contributed by atoms with Crippen molar-refractivity contribution in [1.29, 1.82) is 0 Å². The van der Waals surface area contributed by atoms with E-state index in [1.54, 1.807) is 0 Å². The fourth-order valence-corrected chi connectivity index (χ4v) is 4.82. The van der Waals surface area contributed by atoms with Crippen LogP contribution in [0.15, 0.2) is 65.3 Å². The lowest BCUT2D eigenvalue weighted by atomic mass is 9.87. The van der Waals surface area contributed by atoms with Crippen LogP contribution in [0.5, 0.6) is 0 Å². The van der Waals surface area contributed by atoms with E-state index >= 15 is 0 Å². The number of benzene rings is 2. The Morgan fingerprint density at radius 1 is 0.964 bits per heavy atom. The number of hydrogen-bond acceptors (Lipinski definition) is 3. The van der Waals surface area contributed by atoms with Crippen LogP contribution in [0.3, 0.4) is 0 Å². The molecule has 2 heterocycles. The minimum Gasteiger partial charge on any atom is -0.288 e. The number of likely N-dealkylation sites (N-methyl/N-ethyl adjacent to an activating group) is 1. The molecule has 2 aliphatic heterocycles. The van der Waals surface area contributed by atoms with Crippen molar-refractivity contribution in [2.45, 2.75) is 38.3 Å². The lowest BCUT2D eigenvalue weighted by Crippen LogP contribution is -2.61. The molecule has 3 nitrogen and oxygen atoms in total. The van der Waals surface area contributed by atoms with Crippen LogP contribution in [-0.2, 0) is 0 Å². The number of rotatable bonds is 4. The monoisotopic (exact) mass is 373 g/mol. The Morgan fingerprint density at radius 3 is 2.50 bits per heavy atom. The van der Waals surface area contributed by atoms with Gasteiger partial charge in [-0.25, -0.2) is 0 Å². The summed E-state index contributed by atoms with van der Waals surface area (Å²) in [7, 11) is 4.42. The molecule has 2 aromatic rings. The van der Waals surface area contributed by atoms with Gasteiger partial charge in [0.1, 0.15) is 5.66 Å². The maximum Gasteiger partial charge on any atom is 0.103 e. The van der Waals surface area contributed by atoms with E-state index in [2.05, 4.69) is 91.6 Å². The van der Waals surface area contributed by atoms with Crippen molar-refractivity contribution in [3.8, 4) is 0 Å². The SMILES string of the molecule is CC1=CN=C(C=Cc2cccc3ccccc23)CC1(N(C)C)N1CCCCC1. The topological polar surface area (TPSA) is 18.8 Å². The van der Waals surface area contributed by atoms with Gasteiger partial charge >= 0.3 is 0 Å². The number of hydrogen-bond donors (Lipinski definition) is 0. The van der Waals surface area contributed by atoms with Crippen molar-refractivity contribution in [1.82, 2.24) is 9.80 Å². The van der Waals surface area contributed by atoms with Gasteiger partial charge in [0, 0.05) is 31.4 Å². The molecule has 1 atom stereocenters. The minimum atomic E-state index is -0.0550. The molecule has 28 heavy (non-hydrogen) atoms. The van der Waals surface area contributed by atoms with E-state index in [4.69, 9.17) is 4.99 Å². The number of allylic oxidation sites excluding steroid dienone is 1. The predicted octanol–water partition coefficient (Wildman–Crippen LogP) is 5.35. The molecular weight excluding hydrogens is 342 g/mol. The molecule has 0 radical (unpaired) electrons. The molecule has 0 aliphatic carbocycles. The van der Waals surface area contributed by atoms with Gasteiger partial charge < -0.3 is 0 Å². The summed E-state index contributed by atoms with van der Waals surface area (Å²) >= 11 is 0. The van der Waals surface area contributed by atoms with Crippen molar-refractivity contribution < 1.29 is 0 Å². The van der Waals surface area contributed by atoms with Crippen molar-refractivity contribution in [2.75, 3.05) is 27.2 Å². The van der Waals surface area contributed by atoms with Crippen molar-refractivity contribution >= 4 is 22.6 Å². The summed E-state index contributed by atoms with van der Waals surface area (Å²) in [5.41, 5.74) is 3.70. The van der Waals surface area contributed by atoms with Crippen molar-refractivity contribution in [2.24, 2.45) is 4.99 Å². The van der Waals surface area contributed by atoms with Crippen LogP contribution in [0, 0.1) is 0 Å². The van der Waals surface area contributed by atoms with Gasteiger partial charge in [0.25, 0.3) is 0 Å². The average molecular weight is 374 g/mol. The summed E-state index contributed by atoms with van der Waals surface area (Å²) in [6, 6.07) is 15.1. The fourth-order valence-electron chi connectivity index (χ4n) is 4.82. The minimum absolute atomic E-state index is 0.0550. The molecule has 0 N–H and O–H groups in total. The standard InChI is InChI=1S/C25H31N3/c1-20-19-26-23(18-25(20,27(2)3)28-16-7-4-8-17-28)15-14-22-12-9-11-21-10-5-6-13-24(21)22/h5-6,9-15,19H,4,7-8,16-18H2,1-3H3. The third kappa shape index (κ3) is 3.45. The third-order valence-electron chi connectivity index (χ3n) is 6.38. The van der Waals surface area contributed by atoms with Gasteiger partial charge in [0.15, 0.2) is 0 Å². The van der Waals surface area contributed by atoms with Crippen LogP contribution in [0.4, 0.5) is 0 Å². The highest BCUT2D eigenvalue weighted by atomic mass is 15.4. The normalized spacial score (nSPS) is 24.0. The molecular formula is C25H31N3. The summed E-state index contributed by atoms with van der Waals surface area (Å²) in [5.74, 6) is 0. The molecule has 0 spiro atoms. The summed E-state index contributed by atoms with van der Waals surface area (Å²) in [6.45, 7) is 4.58. The number of nitrogens with zero attached hydrogens (tertiary/aromatic N) is 3. The van der Waals surface area contributed by atoms with Crippen LogP contribution >= 0.6 is 0 Å². The summed E-state index contributed by atoms with van der Waals surface area (Å²) in [4.78, 5) is 9.86. The molecule has 1 unspecified atom stereocenters. The third-order valence-corrected chi connectivity index (χ3v) is 6.38. The Labute approximate surface area is 169 Å². The molecule has 4 rings (SSSR count). The van der Waals surface area contributed by atoms with Crippen molar-refractivity contribution in [3.63, 3.8) is 0 Å². The first-order chi connectivity index (χ1) is 13.6. The van der Waals surface area contributed by atoms with Gasteiger partial charge in [-0.05, 0) is 61.8 Å². The van der Waals surface area contributed by atoms with E-state index in [-0.39, 0.29) is 5.66 Å². The molecule has 0 bridgehead atoms. The van der Waals surface area contributed by atoms with Gasteiger partial charge in [-0.2, -0.15) is 0 Å². The second-order valence-electron chi connectivity index (χ2n) is 8.27. The first-order valence-electron chi connectivity index (χ1n) is 10.4. The molecule has 2 aliphatic rings. The molecule has 3 heteroatoms. The van der Waals surface area contributed by atoms with E-state index < -0.39 is 0 Å². The van der Waals surface area contributed by atoms with E-state index in [1.807, 2.05) is 0 Å².